The number of rotatable bonds is 12. The van der Waals surface area contributed by atoms with Gasteiger partial charge in [0.05, 0.1) is 16.9 Å². The molecule has 0 fully saturated rings. The standard InChI is InChI=1S/C32H41N2O4P/c1-22(2)10-6-11-23(3)12-7-13-24(4)16-18-33-27-20-25(35)21-29(37)31(27)34(17-9-19-39-5)30-26(32(33)38)14-8-15-28(30)36/h8,10,12,14-16,20-21,35-37H,5-7,9,11,13,17-19H2,1-4H3. The van der Waals surface area contributed by atoms with Crippen molar-refractivity contribution in [3.8, 4) is 17.2 Å². The average molecular weight is 549 g/mol. The molecule has 0 aliphatic carbocycles. The number of allylic oxidation sites excluding steroid dienone is 5. The maximum Gasteiger partial charge on any atom is 0.260 e. The number of benzene rings is 2. The van der Waals surface area contributed by atoms with Crippen molar-refractivity contribution < 1.29 is 20.1 Å². The summed E-state index contributed by atoms with van der Waals surface area (Å²) in [6.45, 7) is 9.19. The van der Waals surface area contributed by atoms with E-state index in [1.165, 1.54) is 23.3 Å². The molecule has 1 aliphatic heterocycles. The molecule has 1 aliphatic rings. The summed E-state index contributed by atoms with van der Waals surface area (Å²) in [7, 11) is 0.993. The Bertz CT molecular complexity index is 1290. The quantitative estimate of drug-likeness (QED) is 0.142. The van der Waals surface area contributed by atoms with E-state index in [0.29, 0.717) is 29.2 Å². The summed E-state index contributed by atoms with van der Waals surface area (Å²) in [4.78, 5) is 17.2. The van der Waals surface area contributed by atoms with Gasteiger partial charge in [-0.25, -0.2) is 0 Å². The number of nitrogens with zero attached hydrogens (tertiary/aromatic N) is 2. The third-order valence-corrected chi connectivity index (χ3v) is 7.45. The van der Waals surface area contributed by atoms with Gasteiger partial charge in [0, 0.05) is 25.2 Å². The van der Waals surface area contributed by atoms with Gasteiger partial charge >= 0.3 is 0 Å². The molecule has 2 aromatic carbocycles. The maximum absolute atomic E-state index is 13.9. The van der Waals surface area contributed by atoms with Crippen LogP contribution in [-0.2, 0) is 0 Å². The van der Waals surface area contributed by atoms with Crippen LogP contribution in [0.15, 0.2) is 65.3 Å². The van der Waals surface area contributed by atoms with Crippen LogP contribution in [0.4, 0.5) is 17.1 Å². The number of para-hydroxylation sites is 1. The SMILES string of the molecule is C=PCCCN1c2c(O)cccc2C(=O)N(CC=C(C)CCC=C(C)CCC=C(C)C)c2cc(O)cc(O)c21. The molecule has 0 bridgehead atoms. The Kier molecular flexibility index (Phi) is 10.8. The zero-order chi connectivity index (χ0) is 28.5. The van der Waals surface area contributed by atoms with Crippen LogP contribution in [0, 0.1) is 0 Å². The van der Waals surface area contributed by atoms with Gasteiger partial charge in [0.1, 0.15) is 22.9 Å². The number of phenols is 3. The molecule has 1 heterocycles. The zero-order valence-corrected chi connectivity index (χ0v) is 24.5. The van der Waals surface area contributed by atoms with Gasteiger partial charge in [0.15, 0.2) is 0 Å². The highest BCUT2D eigenvalue weighted by Gasteiger charge is 2.34. The van der Waals surface area contributed by atoms with E-state index in [-0.39, 0.29) is 29.7 Å². The van der Waals surface area contributed by atoms with Gasteiger partial charge < -0.3 is 25.1 Å². The Hall–Kier alpha value is -3.50. The lowest BCUT2D eigenvalue weighted by molar-refractivity contribution is 0.0990. The van der Waals surface area contributed by atoms with E-state index in [1.807, 2.05) is 6.08 Å². The molecule has 3 N–H and O–H groups in total. The number of hydrogen-bond acceptors (Lipinski definition) is 5. The topological polar surface area (TPSA) is 84.2 Å². The number of fused-ring (bicyclic) bond motifs is 2. The molecule has 0 saturated carbocycles. The molecule has 39 heavy (non-hydrogen) atoms. The summed E-state index contributed by atoms with van der Waals surface area (Å²) in [5.41, 5.74) is 5.36. The summed E-state index contributed by atoms with van der Waals surface area (Å²) in [6, 6.07) is 7.67. The van der Waals surface area contributed by atoms with Crippen LogP contribution in [0.1, 0.15) is 70.2 Å². The van der Waals surface area contributed by atoms with Crippen molar-refractivity contribution in [3.05, 3.63) is 70.8 Å². The van der Waals surface area contributed by atoms with E-state index in [1.54, 1.807) is 28.0 Å². The average Bonchev–Trinajstić information content (AvgIpc) is 2.96. The summed E-state index contributed by atoms with van der Waals surface area (Å²) in [5.74, 6) is -0.624. The molecule has 0 aromatic heterocycles. The molecule has 0 radical (unpaired) electrons. The second-order valence-corrected chi connectivity index (χ2v) is 11.2. The van der Waals surface area contributed by atoms with E-state index >= 15 is 0 Å². The van der Waals surface area contributed by atoms with E-state index in [4.69, 9.17) is 0 Å². The van der Waals surface area contributed by atoms with Crippen molar-refractivity contribution in [1.29, 1.82) is 0 Å². The van der Waals surface area contributed by atoms with Gasteiger partial charge in [-0.3, -0.25) is 4.79 Å². The molecule has 0 saturated heterocycles. The van der Waals surface area contributed by atoms with Crippen LogP contribution in [0.25, 0.3) is 0 Å². The molecule has 2 aromatic rings. The Balaban J connectivity index is 1.92. The molecule has 1 amide bonds. The van der Waals surface area contributed by atoms with Crippen molar-refractivity contribution in [2.24, 2.45) is 0 Å². The molecular weight excluding hydrogens is 507 g/mol. The van der Waals surface area contributed by atoms with Crippen LogP contribution < -0.4 is 9.80 Å². The van der Waals surface area contributed by atoms with Gasteiger partial charge in [-0.2, -0.15) is 0 Å². The van der Waals surface area contributed by atoms with E-state index in [9.17, 15) is 20.1 Å². The smallest absolute Gasteiger partial charge is 0.260 e. The first-order valence-electron chi connectivity index (χ1n) is 13.5. The van der Waals surface area contributed by atoms with E-state index < -0.39 is 0 Å². The van der Waals surface area contributed by atoms with Crippen molar-refractivity contribution in [1.82, 2.24) is 0 Å². The Morgan fingerprint density at radius 1 is 0.897 bits per heavy atom. The molecule has 3 rings (SSSR count). The van der Waals surface area contributed by atoms with Crippen molar-refractivity contribution in [3.63, 3.8) is 0 Å². The maximum atomic E-state index is 13.9. The summed E-state index contributed by atoms with van der Waals surface area (Å²) >= 11 is 0. The van der Waals surface area contributed by atoms with Crippen LogP contribution in [0.3, 0.4) is 0 Å². The highest BCUT2D eigenvalue weighted by Crippen LogP contribution is 2.50. The monoisotopic (exact) mass is 548 g/mol. The summed E-state index contributed by atoms with van der Waals surface area (Å²) < 4.78 is 0. The van der Waals surface area contributed by atoms with Crippen LogP contribution in [0.5, 0.6) is 17.2 Å². The third kappa shape index (κ3) is 7.77. The minimum absolute atomic E-state index is 0.0354. The van der Waals surface area contributed by atoms with Crippen molar-refractivity contribution >= 4 is 37.5 Å². The number of hydrogen-bond donors (Lipinski definition) is 3. The molecular formula is C32H41N2O4P. The second kappa shape index (κ2) is 14.0. The van der Waals surface area contributed by atoms with Gasteiger partial charge in [0.25, 0.3) is 5.91 Å². The van der Waals surface area contributed by atoms with E-state index in [0.717, 1.165) is 52.0 Å². The van der Waals surface area contributed by atoms with Gasteiger partial charge in [-0.1, -0.05) is 47.3 Å². The minimum atomic E-state index is -0.302. The van der Waals surface area contributed by atoms with Crippen LogP contribution in [0.2, 0.25) is 0 Å². The fourth-order valence-corrected chi connectivity index (χ4v) is 5.12. The zero-order valence-electron chi connectivity index (χ0n) is 23.6. The molecule has 0 atom stereocenters. The van der Waals surface area contributed by atoms with Crippen molar-refractivity contribution in [2.75, 3.05) is 29.1 Å². The first-order chi connectivity index (χ1) is 18.6. The number of anilines is 3. The van der Waals surface area contributed by atoms with Gasteiger partial charge in [-0.05, 0) is 78.1 Å². The first-order valence-corrected chi connectivity index (χ1v) is 14.7. The normalized spacial score (nSPS) is 13.8. The second-order valence-electron chi connectivity index (χ2n) is 10.3. The summed E-state index contributed by atoms with van der Waals surface area (Å²) in [5, 5.41) is 32.2. The lowest BCUT2D eigenvalue weighted by Crippen LogP contribution is -2.30. The number of phenolic OH excluding ortho intramolecular Hbond substituents is 3. The van der Waals surface area contributed by atoms with E-state index in [2.05, 4.69) is 46.1 Å². The number of amides is 1. The van der Waals surface area contributed by atoms with Crippen LogP contribution in [-0.4, -0.2) is 46.8 Å². The van der Waals surface area contributed by atoms with Crippen molar-refractivity contribution in [2.45, 2.75) is 59.8 Å². The molecule has 0 unspecified atom stereocenters. The predicted molar refractivity (Wildman–Crippen MR) is 165 cm³/mol. The fourth-order valence-electron chi connectivity index (χ4n) is 4.76. The van der Waals surface area contributed by atoms with Gasteiger partial charge in [-0.15, -0.1) is 8.20 Å². The Labute approximate surface area is 234 Å². The highest BCUT2D eigenvalue weighted by molar-refractivity contribution is 7.36. The molecule has 0 spiro atoms. The molecule has 6 nitrogen and oxygen atoms in total. The first kappa shape index (κ1) is 30.0. The summed E-state index contributed by atoms with van der Waals surface area (Å²) in [6.07, 6.45) is 15.9. The number of aromatic hydroxyl groups is 3. The highest BCUT2D eigenvalue weighted by atomic mass is 31.1. The Morgan fingerprint density at radius 2 is 1.59 bits per heavy atom. The number of carbonyl (C=O) groups is 1. The third-order valence-electron chi connectivity index (χ3n) is 6.82. The lowest BCUT2D eigenvalue weighted by Gasteiger charge is -2.28. The van der Waals surface area contributed by atoms with Crippen LogP contribution >= 0.6 is 8.20 Å². The fraction of sp³-hybridized carbons (Fsp3) is 0.375. The lowest BCUT2D eigenvalue weighted by atomic mass is 10.1. The predicted octanol–water partition coefficient (Wildman–Crippen LogP) is 8.09. The molecule has 7 heteroatoms. The Morgan fingerprint density at radius 3 is 2.28 bits per heavy atom. The van der Waals surface area contributed by atoms with Gasteiger partial charge in [0.2, 0.25) is 0 Å². The number of carbonyl (C=O) groups excluding carboxylic acids is 1. The molecule has 208 valence electrons. The largest absolute Gasteiger partial charge is 0.508 e. The minimum Gasteiger partial charge on any atom is -0.508 e.